The molecule has 80 valence electrons. The quantitative estimate of drug-likeness (QED) is 0.703. The van der Waals surface area contributed by atoms with Crippen LogP contribution in [0.25, 0.3) is 0 Å². The van der Waals surface area contributed by atoms with Gasteiger partial charge in [-0.15, -0.1) is 0 Å². The largest absolute Gasteiger partial charge is 0.354 e. The molecular formula is C10H13N3OS. The molecule has 0 aromatic carbocycles. The lowest BCUT2D eigenvalue weighted by atomic mass is 10.3. The average Bonchev–Trinajstić information content (AvgIpc) is 2.71. The van der Waals surface area contributed by atoms with Crippen molar-refractivity contribution in [3.8, 4) is 6.07 Å². The number of hydrogen-bond acceptors (Lipinski definition) is 4. The molecule has 2 N–H and O–H groups in total. The molecule has 0 unspecified atom stereocenters. The van der Waals surface area contributed by atoms with Crippen molar-refractivity contribution in [3.05, 3.63) is 22.4 Å². The average molecular weight is 223 g/mol. The second-order valence-corrected chi connectivity index (χ2v) is 3.77. The molecule has 5 heteroatoms. The highest BCUT2D eigenvalue weighted by molar-refractivity contribution is 7.07. The van der Waals surface area contributed by atoms with Gasteiger partial charge in [0.1, 0.15) is 0 Å². The molecule has 1 aromatic heterocycles. The molecule has 15 heavy (non-hydrogen) atoms. The first-order valence-electron chi connectivity index (χ1n) is 4.68. The minimum Gasteiger partial charge on any atom is -0.354 e. The molecule has 0 aliphatic carbocycles. The minimum atomic E-state index is -0.0690. The van der Waals surface area contributed by atoms with Crippen LogP contribution in [0.3, 0.4) is 0 Å². The van der Waals surface area contributed by atoms with Crippen LogP contribution in [-0.2, 0) is 11.3 Å². The lowest BCUT2D eigenvalue weighted by molar-refractivity contribution is -0.120. The van der Waals surface area contributed by atoms with E-state index in [9.17, 15) is 4.79 Å². The Morgan fingerprint density at radius 1 is 1.60 bits per heavy atom. The molecule has 0 bridgehead atoms. The number of nitriles is 1. The number of carbonyl (C=O) groups excluding carboxylic acids is 1. The van der Waals surface area contributed by atoms with Crippen LogP contribution in [0.15, 0.2) is 16.8 Å². The Bertz CT molecular complexity index is 329. The van der Waals surface area contributed by atoms with Gasteiger partial charge in [-0.25, -0.2) is 0 Å². The highest BCUT2D eigenvalue weighted by Crippen LogP contribution is 2.04. The van der Waals surface area contributed by atoms with Gasteiger partial charge in [-0.2, -0.15) is 16.6 Å². The van der Waals surface area contributed by atoms with Gasteiger partial charge in [0.15, 0.2) is 0 Å². The van der Waals surface area contributed by atoms with Gasteiger partial charge in [-0.3, -0.25) is 4.79 Å². The predicted molar refractivity (Wildman–Crippen MR) is 59.3 cm³/mol. The maximum atomic E-state index is 11.2. The highest BCUT2D eigenvalue weighted by atomic mass is 32.1. The molecule has 1 heterocycles. The Balaban J connectivity index is 2.05. The molecule has 0 radical (unpaired) electrons. The Kier molecular flexibility index (Phi) is 5.44. The van der Waals surface area contributed by atoms with Crippen molar-refractivity contribution in [1.29, 1.82) is 5.26 Å². The smallest absolute Gasteiger partial charge is 0.234 e. The van der Waals surface area contributed by atoms with Crippen molar-refractivity contribution in [2.75, 3.05) is 13.1 Å². The first-order valence-corrected chi connectivity index (χ1v) is 5.62. The third-order valence-corrected chi connectivity index (χ3v) is 2.49. The van der Waals surface area contributed by atoms with E-state index in [1.807, 2.05) is 22.9 Å². The number of amides is 1. The van der Waals surface area contributed by atoms with Gasteiger partial charge in [-0.05, 0) is 22.4 Å². The normalized spacial score (nSPS) is 9.53. The summed E-state index contributed by atoms with van der Waals surface area (Å²) in [6.07, 6.45) is 0.357. The highest BCUT2D eigenvalue weighted by Gasteiger charge is 1.99. The summed E-state index contributed by atoms with van der Waals surface area (Å²) >= 11 is 1.64. The lowest BCUT2D eigenvalue weighted by Gasteiger charge is -2.03. The van der Waals surface area contributed by atoms with Crippen LogP contribution in [0, 0.1) is 11.3 Å². The summed E-state index contributed by atoms with van der Waals surface area (Å²) in [6.45, 7) is 1.42. The molecular weight excluding hydrogens is 210 g/mol. The van der Waals surface area contributed by atoms with E-state index in [1.165, 1.54) is 5.56 Å². The standard InChI is InChI=1S/C10H13N3OS/c11-3-1-4-13-10(14)7-12-6-9-2-5-15-8-9/h2,5,8,12H,1,4,6-7H2,(H,13,14). The molecule has 0 atom stereocenters. The van der Waals surface area contributed by atoms with Crippen molar-refractivity contribution in [1.82, 2.24) is 10.6 Å². The third-order valence-electron chi connectivity index (χ3n) is 1.75. The zero-order valence-electron chi connectivity index (χ0n) is 8.32. The number of rotatable bonds is 6. The van der Waals surface area contributed by atoms with E-state index in [2.05, 4.69) is 10.6 Å². The molecule has 0 saturated heterocycles. The Hall–Kier alpha value is -1.38. The van der Waals surface area contributed by atoms with Gasteiger partial charge in [0.25, 0.3) is 0 Å². The second kappa shape index (κ2) is 6.98. The number of nitrogens with one attached hydrogen (secondary N) is 2. The van der Waals surface area contributed by atoms with Crippen LogP contribution in [0.2, 0.25) is 0 Å². The van der Waals surface area contributed by atoms with E-state index in [1.54, 1.807) is 11.3 Å². The fraction of sp³-hybridized carbons (Fsp3) is 0.400. The molecule has 1 rings (SSSR count). The van der Waals surface area contributed by atoms with E-state index in [0.29, 0.717) is 26.1 Å². The van der Waals surface area contributed by atoms with Crippen molar-refractivity contribution < 1.29 is 4.79 Å². The fourth-order valence-corrected chi connectivity index (χ4v) is 1.70. The molecule has 0 aliphatic heterocycles. The lowest BCUT2D eigenvalue weighted by Crippen LogP contribution is -2.33. The van der Waals surface area contributed by atoms with E-state index >= 15 is 0 Å². The number of carbonyl (C=O) groups is 1. The second-order valence-electron chi connectivity index (χ2n) is 2.99. The molecule has 1 amide bonds. The predicted octanol–water partition coefficient (Wildman–Crippen LogP) is 0.868. The topological polar surface area (TPSA) is 64.9 Å². The summed E-state index contributed by atoms with van der Waals surface area (Å²) in [5.74, 6) is -0.0690. The molecule has 0 spiro atoms. The van der Waals surface area contributed by atoms with Crippen LogP contribution in [0.5, 0.6) is 0 Å². The minimum absolute atomic E-state index is 0.0690. The molecule has 1 aromatic rings. The van der Waals surface area contributed by atoms with Crippen LogP contribution < -0.4 is 10.6 Å². The molecule has 0 saturated carbocycles. The molecule has 0 fully saturated rings. The monoisotopic (exact) mass is 223 g/mol. The van der Waals surface area contributed by atoms with Gasteiger partial charge in [-0.1, -0.05) is 0 Å². The Morgan fingerprint density at radius 3 is 3.13 bits per heavy atom. The number of thiophene rings is 1. The molecule has 0 aliphatic rings. The number of nitrogens with zero attached hydrogens (tertiary/aromatic N) is 1. The van der Waals surface area contributed by atoms with Crippen molar-refractivity contribution in [2.45, 2.75) is 13.0 Å². The number of hydrogen-bond donors (Lipinski definition) is 2. The van der Waals surface area contributed by atoms with Gasteiger partial charge in [0, 0.05) is 13.1 Å². The van der Waals surface area contributed by atoms with Crippen molar-refractivity contribution >= 4 is 17.2 Å². The van der Waals surface area contributed by atoms with Gasteiger partial charge in [0.2, 0.25) is 5.91 Å². The van der Waals surface area contributed by atoms with Gasteiger partial charge >= 0.3 is 0 Å². The summed E-state index contributed by atoms with van der Waals surface area (Å²) in [5.41, 5.74) is 1.19. The summed E-state index contributed by atoms with van der Waals surface area (Å²) < 4.78 is 0. The summed E-state index contributed by atoms with van der Waals surface area (Å²) in [5, 5.41) is 18.0. The van der Waals surface area contributed by atoms with Crippen LogP contribution in [-0.4, -0.2) is 19.0 Å². The Labute approximate surface area is 92.9 Å². The SMILES string of the molecule is N#CCCNC(=O)CNCc1ccsc1. The maximum Gasteiger partial charge on any atom is 0.234 e. The zero-order chi connectivity index (χ0) is 10.9. The van der Waals surface area contributed by atoms with Crippen LogP contribution in [0.1, 0.15) is 12.0 Å². The maximum absolute atomic E-state index is 11.2. The van der Waals surface area contributed by atoms with E-state index < -0.39 is 0 Å². The zero-order valence-corrected chi connectivity index (χ0v) is 9.14. The first-order chi connectivity index (χ1) is 7.33. The van der Waals surface area contributed by atoms with E-state index in [4.69, 9.17) is 5.26 Å². The summed E-state index contributed by atoms with van der Waals surface area (Å²) in [7, 11) is 0. The van der Waals surface area contributed by atoms with Crippen molar-refractivity contribution in [2.24, 2.45) is 0 Å². The van der Waals surface area contributed by atoms with Gasteiger partial charge < -0.3 is 10.6 Å². The first kappa shape index (κ1) is 11.7. The summed E-state index contributed by atoms with van der Waals surface area (Å²) in [6, 6.07) is 3.99. The third kappa shape index (κ3) is 5.15. The van der Waals surface area contributed by atoms with Crippen molar-refractivity contribution in [3.63, 3.8) is 0 Å². The van der Waals surface area contributed by atoms with Crippen LogP contribution >= 0.6 is 11.3 Å². The van der Waals surface area contributed by atoms with E-state index in [0.717, 1.165) is 0 Å². The van der Waals surface area contributed by atoms with Gasteiger partial charge in [0.05, 0.1) is 19.0 Å². The summed E-state index contributed by atoms with van der Waals surface area (Å²) in [4.78, 5) is 11.2. The van der Waals surface area contributed by atoms with Crippen LogP contribution in [0.4, 0.5) is 0 Å². The Morgan fingerprint density at radius 2 is 2.47 bits per heavy atom. The molecule has 4 nitrogen and oxygen atoms in total. The van der Waals surface area contributed by atoms with E-state index in [-0.39, 0.29) is 5.91 Å². The fourth-order valence-electron chi connectivity index (χ4n) is 1.03.